The molecule has 2 aliphatic rings. The third kappa shape index (κ3) is 2.87. The minimum absolute atomic E-state index is 0.00159. The number of aromatic nitrogens is 1. The molecule has 1 saturated heterocycles. The molecule has 0 aromatic carbocycles. The SMILES string of the molecule is CN(C)c1ncccc1CNC(=O)N[C@@H]1[C@H]2CCO[C@@H]2C1(C)C. The number of hydrogen-bond acceptors (Lipinski definition) is 4. The summed E-state index contributed by atoms with van der Waals surface area (Å²) in [5.41, 5.74) is 1.00. The van der Waals surface area contributed by atoms with Crippen molar-refractivity contribution in [2.45, 2.75) is 39.0 Å². The molecule has 2 heterocycles. The molecule has 1 aromatic heterocycles. The molecule has 0 radical (unpaired) electrons. The highest BCUT2D eigenvalue weighted by Gasteiger charge is 2.59. The van der Waals surface area contributed by atoms with Crippen molar-refractivity contribution in [1.29, 1.82) is 0 Å². The Morgan fingerprint density at radius 1 is 1.48 bits per heavy atom. The summed E-state index contributed by atoms with van der Waals surface area (Å²) < 4.78 is 5.76. The number of urea groups is 1. The second kappa shape index (κ2) is 6.00. The van der Waals surface area contributed by atoms with Crippen molar-refractivity contribution < 1.29 is 9.53 Å². The van der Waals surface area contributed by atoms with Gasteiger partial charge in [0.1, 0.15) is 5.82 Å². The fourth-order valence-electron chi connectivity index (χ4n) is 3.96. The van der Waals surface area contributed by atoms with Gasteiger partial charge in [0.15, 0.2) is 0 Å². The molecular formula is C17H26N4O2. The Bertz CT molecular complexity index is 588. The Kier molecular flexibility index (Phi) is 4.19. The highest BCUT2D eigenvalue weighted by molar-refractivity contribution is 5.74. The zero-order valence-corrected chi connectivity index (χ0v) is 14.3. The number of fused-ring (bicyclic) bond motifs is 1. The first-order valence-corrected chi connectivity index (χ1v) is 8.18. The van der Waals surface area contributed by atoms with Gasteiger partial charge in [-0.2, -0.15) is 0 Å². The van der Waals surface area contributed by atoms with Gasteiger partial charge in [-0.15, -0.1) is 0 Å². The number of amides is 2. The number of rotatable bonds is 4. The van der Waals surface area contributed by atoms with Crippen LogP contribution in [0.4, 0.5) is 10.6 Å². The molecule has 23 heavy (non-hydrogen) atoms. The molecule has 1 aromatic rings. The van der Waals surface area contributed by atoms with Gasteiger partial charge in [0, 0.05) is 56.4 Å². The lowest BCUT2D eigenvalue weighted by Crippen LogP contribution is -2.67. The third-order valence-electron chi connectivity index (χ3n) is 5.12. The lowest BCUT2D eigenvalue weighted by molar-refractivity contribution is -0.108. The van der Waals surface area contributed by atoms with Crippen LogP contribution in [0.2, 0.25) is 0 Å². The molecule has 3 atom stereocenters. The first-order chi connectivity index (χ1) is 10.9. The van der Waals surface area contributed by atoms with Crippen molar-refractivity contribution in [3.63, 3.8) is 0 Å². The summed E-state index contributed by atoms with van der Waals surface area (Å²) in [7, 11) is 3.89. The first-order valence-electron chi connectivity index (χ1n) is 8.18. The molecular weight excluding hydrogens is 292 g/mol. The highest BCUT2D eigenvalue weighted by atomic mass is 16.5. The summed E-state index contributed by atoms with van der Waals surface area (Å²) in [5.74, 6) is 1.33. The van der Waals surface area contributed by atoms with E-state index in [1.54, 1.807) is 6.20 Å². The maximum Gasteiger partial charge on any atom is 0.315 e. The van der Waals surface area contributed by atoms with E-state index in [2.05, 4.69) is 29.5 Å². The van der Waals surface area contributed by atoms with Crippen LogP contribution in [0.25, 0.3) is 0 Å². The molecule has 2 amide bonds. The van der Waals surface area contributed by atoms with Crippen LogP contribution in [0.1, 0.15) is 25.8 Å². The van der Waals surface area contributed by atoms with E-state index in [0.717, 1.165) is 24.4 Å². The summed E-state index contributed by atoms with van der Waals surface area (Å²) in [6.07, 6.45) is 3.08. The van der Waals surface area contributed by atoms with Crippen LogP contribution in [0, 0.1) is 11.3 Å². The number of nitrogens with zero attached hydrogens (tertiary/aromatic N) is 2. The highest BCUT2D eigenvalue weighted by Crippen LogP contribution is 2.52. The molecule has 6 heteroatoms. The van der Waals surface area contributed by atoms with Crippen molar-refractivity contribution >= 4 is 11.8 Å². The Morgan fingerprint density at radius 2 is 2.26 bits per heavy atom. The van der Waals surface area contributed by atoms with Crippen LogP contribution in [0.15, 0.2) is 18.3 Å². The quantitative estimate of drug-likeness (QED) is 0.888. The zero-order valence-electron chi connectivity index (χ0n) is 14.3. The fraction of sp³-hybridized carbons (Fsp3) is 0.647. The van der Waals surface area contributed by atoms with E-state index in [1.807, 2.05) is 31.1 Å². The Morgan fingerprint density at radius 3 is 3.00 bits per heavy atom. The van der Waals surface area contributed by atoms with Crippen LogP contribution in [-0.4, -0.2) is 43.9 Å². The molecule has 0 unspecified atom stereocenters. The number of anilines is 1. The van der Waals surface area contributed by atoms with E-state index in [1.165, 1.54) is 0 Å². The van der Waals surface area contributed by atoms with Crippen LogP contribution in [0.5, 0.6) is 0 Å². The van der Waals surface area contributed by atoms with Crippen LogP contribution >= 0.6 is 0 Å². The molecule has 0 spiro atoms. The summed E-state index contributed by atoms with van der Waals surface area (Å²) >= 11 is 0. The monoisotopic (exact) mass is 318 g/mol. The number of ether oxygens (including phenoxy) is 1. The van der Waals surface area contributed by atoms with Crippen LogP contribution < -0.4 is 15.5 Å². The average molecular weight is 318 g/mol. The largest absolute Gasteiger partial charge is 0.377 e. The van der Waals surface area contributed by atoms with Gasteiger partial charge in [-0.1, -0.05) is 19.9 Å². The van der Waals surface area contributed by atoms with Gasteiger partial charge >= 0.3 is 6.03 Å². The number of nitrogens with one attached hydrogen (secondary N) is 2. The smallest absolute Gasteiger partial charge is 0.315 e. The maximum atomic E-state index is 12.3. The van der Waals surface area contributed by atoms with E-state index >= 15 is 0 Å². The number of pyridine rings is 1. The maximum absolute atomic E-state index is 12.3. The topological polar surface area (TPSA) is 66.5 Å². The Hall–Kier alpha value is -1.82. The van der Waals surface area contributed by atoms with Crippen LogP contribution in [0.3, 0.4) is 0 Å². The molecule has 1 aliphatic carbocycles. The van der Waals surface area contributed by atoms with E-state index in [-0.39, 0.29) is 23.6 Å². The first kappa shape index (κ1) is 16.1. The van der Waals surface area contributed by atoms with Gasteiger partial charge in [0.2, 0.25) is 0 Å². The standard InChI is InChI=1S/C17H26N4O2/c1-17(2)13(12-7-9-23-14(12)17)20-16(22)19-10-11-6-5-8-18-15(11)21(3)4/h5-6,8,12-14H,7,9-10H2,1-4H3,(H2,19,20,22)/t12-,13-,14+/m1/s1. The second-order valence-electron chi connectivity index (χ2n) is 7.25. The number of carbonyl (C=O) groups is 1. The van der Waals surface area contributed by atoms with Crippen molar-refractivity contribution in [3.05, 3.63) is 23.9 Å². The fourth-order valence-corrected chi connectivity index (χ4v) is 3.96. The predicted molar refractivity (Wildman–Crippen MR) is 89.4 cm³/mol. The third-order valence-corrected chi connectivity index (χ3v) is 5.12. The van der Waals surface area contributed by atoms with Crippen molar-refractivity contribution in [2.24, 2.45) is 11.3 Å². The second-order valence-corrected chi connectivity index (χ2v) is 7.25. The van der Waals surface area contributed by atoms with Crippen molar-refractivity contribution in [1.82, 2.24) is 15.6 Å². The Labute approximate surface area is 137 Å². The minimum atomic E-state index is -0.123. The molecule has 1 aliphatic heterocycles. The van der Waals surface area contributed by atoms with Gasteiger partial charge in [0.25, 0.3) is 0 Å². The van der Waals surface area contributed by atoms with Crippen molar-refractivity contribution in [2.75, 3.05) is 25.6 Å². The summed E-state index contributed by atoms with van der Waals surface area (Å²) in [5, 5.41) is 6.09. The lowest BCUT2D eigenvalue weighted by atomic mass is 9.57. The average Bonchev–Trinajstić information content (AvgIpc) is 2.98. The molecule has 1 saturated carbocycles. The molecule has 0 bridgehead atoms. The van der Waals surface area contributed by atoms with Crippen molar-refractivity contribution in [3.8, 4) is 0 Å². The molecule has 2 N–H and O–H groups in total. The normalized spacial score (nSPS) is 27.7. The van der Waals surface area contributed by atoms with E-state index < -0.39 is 0 Å². The summed E-state index contributed by atoms with van der Waals surface area (Å²) in [6.45, 7) is 5.59. The van der Waals surface area contributed by atoms with E-state index in [4.69, 9.17) is 4.74 Å². The van der Waals surface area contributed by atoms with Gasteiger partial charge in [-0.25, -0.2) is 9.78 Å². The minimum Gasteiger partial charge on any atom is -0.377 e. The number of hydrogen-bond donors (Lipinski definition) is 2. The predicted octanol–water partition coefficient (Wildman–Crippen LogP) is 1.76. The summed E-state index contributed by atoms with van der Waals surface area (Å²) in [6, 6.07) is 3.92. The Balaban J connectivity index is 1.57. The van der Waals surface area contributed by atoms with Crippen LogP contribution in [-0.2, 0) is 11.3 Å². The number of carbonyl (C=O) groups excluding carboxylic acids is 1. The summed E-state index contributed by atoms with van der Waals surface area (Å²) in [4.78, 5) is 18.6. The molecule has 6 nitrogen and oxygen atoms in total. The van der Waals surface area contributed by atoms with Gasteiger partial charge < -0.3 is 20.3 Å². The van der Waals surface area contributed by atoms with E-state index in [0.29, 0.717) is 12.5 Å². The molecule has 3 rings (SSSR count). The van der Waals surface area contributed by atoms with Gasteiger partial charge in [0.05, 0.1) is 6.10 Å². The van der Waals surface area contributed by atoms with E-state index in [9.17, 15) is 4.79 Å². The molecule has 2 fully saturated rings. The zero-order chi connectivity index (χ0) is 16.6. The lowest BCUT2D eigenvalue weighted by Gasteiger charge is -2.54. The molecule has 126 valence electrons. The van der Waals surface area contributed by atoms with Gasteiger partial charge in [-0.05, 0) is 12.5 Å². The van der Waals surface area contributed by atoms with Gasteiger partial charge in [-0.3, -0.25) is 0 Å².